The van der Waals surface area contributed by atoms with Crippen molar-refractivity contribution in [2.75, 3.05) is 11.9 Å². The zero-order chi connectivity index (χ0) is 8.97. The van der Waals surface area contributed by atoms with E-state index in [4.69, 9.17) is 11.1 Å². The lowest BCUT2D eigenvalue weighted by atomic mass is 10.3. The molecule has 1 aromatic heterocycles. The van der Waals surface area contributed by atoms with Crippen molar-refractivity contribution in [1.82, 2.24) is 4.98 Å². The van der Waals surface area contributed by atoms with Gasteiger partial charge in [-0.3, -0.25) is 10.4 Å². The number of amidine groups is 1. The number of nitrogens with two attached hydrogens (primary N) is 1. The van der Waals surface area contributed by atoms with Crippen LogP contribution in [0.2, 0.25) is 0 Å². The van der Waals surface area contributed by atoms with Crippen molar-refractivity contribution < 1.29 is 0 Å². The summed E-state index contributed by atoms with van der Waals surface area (Å²) in [5, 5.41) is 10.2. The highest BCUT2D eigenvalue weighted by Crippen LogP contribution is 2.04. The van der Waals surface area contributed by atoms with Crippen LogP contribution in [-0.4, -0.2) is 17.4 Å². The Balaban J connectivity index is 2.78. The van der Waals surface area contributed by atoms with Crippen molar-refractivity contribution in [3.8, 4) is 0 Å². The number of nitrogen functional groups attached to an aromatic ring is 1. The Labute approximate surface area is 71.3 Å². The highest BCUT2D eigenvalue weighted by atomic mass is 14.9. The monoisotopic (exact) mass is 164 g/mol. The average Bonchev–Trinajstić information content (AvgIpc) is 2.06. The fourth-order valence-corrected chi connectivity index (χ4v) is 0.862. The van der Waals surface area contributed by atoms with Crippen LogP contribution in [0, 0.1) is 5.41 Å². The van der Waals surface area contributed by atoms with Crippen LogP contribution in [0.15, 0.2) is 18.3 Å². The second-order valence-electron chi connectivity index (χ2n) is 2.38. The van der Waals surface area contributed by atoms with Crippen molar-refractivity contribution in [3.63, 3.8) is 0 Å². The van der Waals surface area contributed by atoms with Gasteiger partial charge < -0.3 is 11.1 Å². The minimum Gasteiger partial charge on any atom is -0.384 e. The molecule has 12 heavy (non-hydrogen) atoms. The second-order valence-corrected chi connectivity index (χ2v) is 2.38. The number of pyridine rings is 1. The van der Waals surface area contributed by atoms with E-state index in [9.17, 15) is 0 Å². The Hall–Kier alpha value is -1.58. The van der Waals surface area contributed by atoms with E-state index in [1.165, 1.54) is 0 Å². The zero-order valence-corrected chi connectivity index (χ0v) is 6.96. The molecule has 0 aliphatic rings. The third-order valence-corrected chi connectivity index (χ3v) is 1.42. The zero-order valence-electron chi connectivity index (χ0n) is 6.96. The van der Waals surface area contributed by atoms with Gasteiger partial charge >= 0.3 is 0 Å². The summed E-state index contributed by atoms with van der Waals surface area (Å²) >= 11 is 0. The van der Waals surface area contributed by atoms with Crippen molar-refractivity contribution in [2.24, 2.45) is 5.73 Å². The van der Waals surface area contributed by atoms with E-state index in [0.29, 0.717) is 5.69 Å². The molecule has 0 saturated carbocycles. The first-order chi connectivity index (χ1) is 5.74. The Morgan fingerprint density at radius 3 is 2.83 bits per heavy atom. The molecule has 64 valence electrons. The molecule has 0 saturated heterocycles. The number of nitrogens with zero attached hydrogens (tertiary/aromatic N) is 1. The van der Waals surface area contributed by atoms with Gasteiger partial charge in [0.2, 0.25) is 0 Å². The van der Waals surface area contributed by atoms with Gasteiger partial charge in [-0.05, 0) is 19.1 Å². The van der Waals surface area contributed by atoms with Gasteiger partial charge in [0.1, 0.15) is 11.5 Å². The van der Waals surface area contributed by atoms with Crippen molar-refractivity contribution in [3.05, 3.63) is 24.0 Å². The third-order valence-electron chi connectivity index (χ3n) is 1.42. The molecule has 0 radical (unpaired) electrons. The molecule has 1 aromatic rings. The minimum absolute atomic E-state index is 0.00181. The Kier molecular flexibility index (Phi) is 2.63. The quantitative estimate of drug-likeness (QED) is 0.457. The molecular formula is C8H12N4. The predicted molar refractivity (Wildman–Crippen MR) is 49.4 cm³/mol. The van der Waals surface area contributed by atoms with Gasteiger partial charge in [0.05, 0.1) is 11.9 Å². The molecule has 1 rings (SSSR count). The summed E-state index contributed by atoms with van der Waals surface area (Å²) in [6.45, 7) is 2.87. The summed E-state index contributed by atoms with van der Waals surface area (Å²) in [5.74, 6) is -0.00181. The standard InChI is InChI=1S/C8H12N4/c1-2-11-6-3-4-7(8(9)10)12-5-6/h3-5,11H,2H2,1H3,(H3,9,10). The van der Waals surface area contributed by atoms with E-state index in [-0.39, 0.29) is 5.84 Å². The maximum Gasteiger partial charge on any atom is 0.141 e. The first-order valence-corrected chi connectivity index (χ1v) is 3.78. The minimum atomic E-state index is -0.00181. The molecule has 0 fully saturated rings. The number of aromatic nitrogens is 1. The molecule has 0 aromatic carbocycles. The molecule has 0 spiro atoms. The summed E-state index contributed by atoms with van der Waals surface area (Å²) in [5.41, 5.74) is 6.70. The molecule has 0 bridgehead atoms. The van der Waals surface area contributed by atoms with Crippen LogP contribution in [0.4, 0.5) is 5.69 Å². The van der Waals surface area contributed by atoms with Crippen LogP contribution in [0.1, 0.15) is 12.6 Å². The Morgan fingerprint density at radius 1 is 1.67 bits per heavy atom. The first kappa shape index (κ1) is 8.52. The van der Waals surface area contributed by atoms with E-state index in [0.717, 1.165) is 12.2 Å². The van der Waals surface area contributed by atoms with Crippen molar-refractivity contribution in [1.29, 1.82) is 5.41 Å². The first-order valence-electron chi connectivity index (χ1n) is 3.78. The smallest absolute Gasteiger partial charge is 0.141 e. The number of rotatable bonds is 3. The lowest BCUT2D eigenvalue weighted by Gasteiger charge is -2.02. The molecule has 4 nitrogen and oxygen atoms in total. The van der Waals surface area contributed by atoms with E-state index < -0.39 is 0 Å². The van der Waals surface area contributed by atoms with Gasteiger partial charge in [-0.1, -0.05) is 0 Å². The highest BCUT2D eigenvalue weighted by molar-refractivity contribution is 5.93. The van der Waals surface area contributed by atoms with E-state index in [1.807, 2.05) is 13.0 Å². The fourth-order valence-electron chi connectivity index (χ4n) is 0.862. The van der Waals surface area contributed by atoms with Crippen LogP contribution in [0.3, 0.4) is 0 Å². The number of anilines is 1. The lowest BCUT2D eigenvalue weighted by molar-refractivity contribution is 1.18. The van der Waals surface area contributed by atoms with E-state index in [1.54, 1.807) is 12.3 Å². The summed E-state index contributed by atoms with van der Waals surface area (Å²) in [6.07, 6.45) is 1.67. The Bertz CT molecular complexity index is 265. The number of nitrogens with one attached hydrogen (secondary N) is 2. The summed E-state index contributed by atoms with van der Waals surface area (Å²) < 4.78 is 0. The van der Waals surface area contributed by atoms with Crippen LogP contribution in [0.5, 0.6) is 0 Å². The summed E-state index contributed by atoms with van der Waals surface area (Å²) in [7, 11) is 0. The fraction of sp³-hybridized carbons (Fsp3) is 0.250. The van der Waals surface area contributed by atoms with Crippen molar-refractivity contribution in [2.45, 2.75) is 6.92 Å². The topological polar surface area (TPSA) is 74.8 Å². The molecule has 4 heteroatoms. The van der Waals surface area contributed by atoms with Crippen LogP contribution in [0.25, 0.3) is 0 Å². The van der Waals surface area contributed by atoms with E-state index >= 15 is 0 Å². The number of hydrogen-bond donors (Lipinski definition) is 3. The normalized spacial score (nSPS) is 9.42. The molecule has 0 unspecified atom stereocenters. The second kappa shape index (κ2) is 3.71. The van der Waals surface area contributed by atoms with Crippen LogP contribution < -0.4 is 11.1 Å². The summed E-state index contributed by atoms with van der Waals surface area (Å²) in [4.78, 5) is 3.98. The predicted octanol–water partition coefficient (Wildman–Crippen LogP) is 0.797. The summed E-state index contributed by atoms with van der Waals surface area (Å²) in [6, 6.07) is 3.58. The SMILES string of the molecule is CCNc1ccc(C(=N)N)nc1. The lowest BCUT2D eigenvalue weighted by Crippen LogP contribution is -2.12. The van der Waals surface area contributed by atoms with Gasteiger partial charge in [-0.25, -0.2) is 0 Å². The molecule has 0 aliphatic heterocycles. The molecule has 0 aliphatic carbocycles. The van der Waals surface area contributed by atoms with Crippen LogP contribution >= 0.6 is 0 Å². The maximum atomic E-state index is 7.10. The number of hydrogen-bond acceptors (Lipinski definition) is 3. The van der Waals surface area contributed by atoms with Gasteiger partial charge in [0.25, 0.3) is 0 Å². The van der Waals surface area contributed by atoms with Gasteiger partial charge in [0.15, 0.2) is 0 Å². The third kappa shape index (κ3) is 1.95. The van der Waals surface area contributed by atoms with Gasteiger partial charge in [0, 0.05) is 6.54 Å². The van der Waals surface area contributed by atoms with Crippen molar-refractivity contribution >= 4 is 11.5 Å². The highest BCUT2D eigenvalue weighted by Gasteiger charge is 1.96. The van der Waals surface area contributed by atoms with Gasteiger partial charge in [-0.15, -0.1) is 0 Å². The van der Waals surface area contributed by atoms with Crippen LogP contribution in [-0.2, 0) is 0 Å². The molecule has 0 atom stereocenters. The molecular weight excluding hydrogens is 152 g/mol. The molecule has 1 heterocycles. The van der Waals surface area contributed by atoms with Gasteiger partial charge in [-0.2, -0.15) is 0 Å². The maximum absolute atomic E-state index is 7.10. The van der Waals surface area contributed by atoms with E-state index in [2.05, 4.69) is 10.3 Å². The molecule has 4 N–H and O–H groups in total. The average molecular weight is 164 g/mol. The Morgan fingerprint density at radius 2 is 2.42 bits per heavy atom. The molecule has 0 amide bonds. The largest absolute Gasteiger partial charge is 0.384 e.